The molecule has 0 bridgehead atoms. The number of hydrogen-bond acceptors (Lipinski definition) is 1. The predicted molar refractivity (Wildman–Crippen MR) is 56.2 cm³/mol. The zero-order valence-corrected chi connectivity index (χ0v) is 9.21. The number of hydrogen-bond donors (Lipinski definition) is 0. The van der Waals surface area contributed by atoms with Crippen LogP contribution in [0, 0.1) is 11.8 Å². The fourth-order valence-corrected chi connectivity index (χ4v) is 2.34. The topological polar surface area (TPSA) is 0 Å². The van der Waals surface area contributed by atoms with Crippen LogP contribution in [0.15, 0.2) is 0 Å². The van der Waals surface area contributed by atoms with Crippen molar-refractivity contribution in [2.45, 2.75) is 40.5 Å². The Balaban J connectivity index is 3.51. The van der Waals surface area contributed by atoms with Gasteiger partial charge in [-0.25, -0.2) is 0 Å². The van der Waals surface area contributed by atoms with Gasteiger partial charge in [-0.3, -0.25) is 0 Å². The molecule has 0 N–H and O–H groups in total. The minimum atomic E-state index is 0.869. The second kappa shape index (κ2) is 7.02. The zero-order chi connectivity index (χ0) is 8.69. The summed E-state index contributed by atoms with van der Waals surface area (Å²) >= 11 is 2.08. The van der Waals surface area contributed by atoms with Crippen LogP contribution >= 0.6 is 11.8 Å². The van der Waals surface area contributed by atoms with E-state index in [1.807, 2.05) is 0 Å². The summed E-state index contributed by atoms with van der Waals surface area (Å²) in [7, 11) is 0. The van der Waals surface area contributed by atoms with Crippen molar-refractivity contribution < 1.29 is 0 Å². The zero-order valence-electron chi connectivity index (χ0n) is 8.39. The molecule has 0 radical (unpaired) electrons. The minimum Gasteiger partial charge on any atom is -0.162 e. The van der Waals surface area contributed by atoms with Crippen molar-refractivity contribution in [3.8, 4) is 0 Å². The first-order valence-electron chi connectivity index (χ1n) is 4.80. The van der Waals surface area contributed by atoms with E-state index in [2.05, 4.69) is 39.5 Å². The van der Waals surface area contributed by atoms with Crippen molar-refractivity contribution in [2.75, 3.05) is 11.5 Å². The SMILES string of the molecule is CCCC(CSCC)C(C)C. The van der Waals surface area contributed by atoms with E-state index >= 15 is 0 Å². The highest BCUT2D eigenvalue weighted by molar-refractivity contribution is 7.99. The van der Waals surface area contributed by atoms with Gasteiger partial charge >= 0.3 is 0 Å². The summed E-state index contributed by atoms with van der Waals surface area (Å²) in [6.07, 6.45) is 2.75. The average Bonchev–Trinajstić information content (AvgIpc) is 1.97. The van der Waals surface area contributed by atoms with Crippen molar-refractivity contribution in [1.82, 2.24) is 0 Å². The molecular formula is C10H22S. The lowest BCUT2D eigenvalue weighted by Crippen LogP contribution is -2.11. The molecule has 1 atom stereocenters. The van der Waals surface area contributed by atoms with Crippen molar-refractivity contribution in [2.24, 2.45) is 11.8 Å². The Labute approximate surface area is 76.1 Å². The maximum absolute atomic E-state index is 2.34. The van der Waals surface area contributed by atoms with Crippen molar-refractivity contribution in [3.63, 3.8) is 0 Å². The van der Waals surface area contributed by atoms with Gasteiger partial charge in [0.1, 0.15) is 0 Å². The molecule has 0 rings (SSSR count). The summed E-state index contributed by atoms with van der Waals surface area (Å²) in [5, 5.41) is 0. The standard InChI is InChI=1S/C10H22S/c1-5-7-10(9(3)4)8-11-6-2/h9-10H,5-8H2,1-4H3. The fourth-order valence-electron chi connectivity index (χ4n) is 1.25. The maximum atomic E-state index is 2.34. The Morgan fingerprint density at radius 3 is 2.18 bits per heavy atom. The van der Waals surface area contributed by atoms with Gasteiger partial charge in [-0.15, -0.1) is 0 Å². The monoisotopic (exact) mass is 174 g/mol. The second-order valence-corrected chi connectivity index (χ2v) is 4.77. The van der Waals surface area contributed by atoms with E-state index in [4.69, 9.17) is 0 Å². The van der Waals surface area contributed by atoms with Crippen LogP contribution < -0.4 is 0 Å². The average molecular weight is 174 g/mol. The van der Waals surface area contributed by atoms with Gasteiger partial charge in [-0.05, 0) is 29.8 Å². The lowest BCUT2D eigenvalue weighted by molar-refractivity contribution is 0.396. The normalized spacial score (nSPS) is 13.9. The maximum Gasteiger partial charge on any atom is -0.00368 e. The molecule has 68 valence electrons. The van der Waals surface area contributed by atoms with Crippen LogP contribution in [0.5, 0.6) is 0 Å². The molecule has 0 heterocycles. The van der Waals surface area contributed by atoms with Crippen LogP contribution in [0.1, 0.15) is 40.5 Å². The van der Waals surface area contributed by atoms with E-state index in [1.165, 1.54) is 24.3 Å². The molecule has 0 saturated carbocycles. The molecule has 0 aliphatic rings. The number of rotatable bonds is 6. The second-order valence-electron chi connectivity index (χ2n) is 3.45. The Bertz CT molecular complexity index is 78.9. The minimum absolute atomic E-state index is 0.869. The van der Waals surface area contributed by atoms with Crippen LogP contribution in [0.3, 0.4) is 0 Å². The third-order valence-electron chi connectivity index (χ3n) is 2.14. The van der Waals surface area contributed by atoms with E-state index < -0.39 is 0 Å². The van der Waals surface area contributed by atoms with Gasteiger partial charge in [0.15, 0.2) is 0 Å². The quantitative estimate of drug-likeness (QED) is 0.590. The molecule has 0 fully saturated rings. The van der Waals surface area contributed by atoms with Crippen LogP contribution in [-0.2, 0) is 0 Å². The summed E-state index contributed by atoms with van der Waals surface area (Å²) in [6, 6.07) is 0. The van der Waals surface area contributed by atoms with Crippen LogP contribution in [0.25, 0.3) is 0 Å². The Hall–Kier alpha value is 0.350. The van der Waals surface area contributed by atoms with E-state index in [1.54, 1.807) is 0 Å². The van der Waals surface area contributed by atoms with Crippen molar-refractivity contribution in [1.29, 1.82) is 0 Å². The molecule has 1 unspecified atom stereocenters. The van der Waals surface area contributed by atoms with Crippen molar-refractivity contribution >= 4 is 11.8 Å². The first kappa shape index (κ1) is 11.4. The Morgan fingerprint density at radius 1 is 1.18 bits per heavy atom. The highest BCUT2D eigenvalue weighted by atomic mass is 32.2. The van der Waals surface area contributed by atoms with Crippen LogP contribution in [0.4, 0.5) is 0 Å². The van der Waals surface area contributed by atoms with E-state index in [0.717, 1.165) is 11.8 Å². The molecule has 0 aromatic carbocycles. The van der Waals surface area contributed by atoms with E-state index in [-0.39, 0.29) is 0 Å². The van der Waals surface area contributed by atoms with Gasteiger partial charge in [0.25, 0.3) is 0 Å². The summed E-state index contributed by atoms with van der Waals surface area (Å²) in [5.74, 6) is 4.45. The molecule has 0 nitrogen and oxygen atoms in total. The van der Waals surface area contributed by atoms with Gasteiger partial charge < -0.3 is 0 Å². The smallest absolute Gasteiger partial charge is 0.00368 e. The van der Waals surface area contributed by atoms with Gasteiger partial charge in [0.05, 0.1) is 0 Å². The Kier molecular flexibility index (Phi) is 7.25. The fraction of sp³-hybridized carbons (Fsp3) is 1.00. The molecule has 0 spiro atoms. The lowest BCUT2D eigenvalue weighted by Gasteiger charge is -2.19. The highest BCUT2D eigenvalue weighted by Gasteiger charge is 2.10. The first-order valence-corrected chi connectivity index (χ1v) is 5.95. The molecule has 11 heavy (non-hydrogen) atoms. The summed E-state index contributed by atoms with van der Waals surface area (Å²) in [4.78, 5) is 0. The summed E-state index contributed by atoms with van der Waals surface area (Å²) < 4.78 is 0. The Morgan fingerprint density at radius 2 is 1.82 bits per heavy atom. The van der Waals surface area contributed by atoms with E-state index in [0.29, 0.717) is 0 Å². The van der Waals surface area contributed by atoms with Crippen molar-refractivity contribution in [3.05, 3.63) is 0 Å². The molecule has 0 saturated heterocycles. The summed E-state index contributed by atoms with van der Waals surface area (Å²) in [6.45, 7) is 9.22. The van der Waals surface area contributed by atoms with Gasteiger partial charge in [-0.2, -0.15) is 11.8 Å². The molecule has 0 aromatic heterocycles. The molecule has 0 amide bonds. The third-order valence-corrected chi connectivity index (χ3v) is 3.21. The van der Waals surface area contributed by atoms with Gasteiger partial charge in [0, 0.05) is 0 Å². The molecule has 0 aliphatic heterocycles. The lowest BCUT2D eigenvalue weighted by atomic mass is 9.93. The molecule has 0 aromatic rings. The molecule has 1 heteroatoms. The number of thioether (sulfide) groups is 1. The van der Waals surface area contributed by atoms with Crippen LogP contribution in [0.2, 0.25) is 0 Å². The summed E-state index contributed by atoms with van der Waals surface area (Å²) in [5.41, 5.74) is 0. The third kappa shape index (κ3) is 5.60. The predicted octanol–water partition coefficient (Wildman–Crippen LogP) is 3.81. The van der Waals surface area contributed by atoms with Gasteiger partial charge in [-0.1, -0.05) is 34.1 Å². The first-order chi connectivity index (χ1) is 5.22. The van der Waals surface area contributed by atoms with Gasteiger partial charge in [0.2, 0.25) is 0 Å². The molecule has 0 aliphatic carbocycles. The van der Waals surface area contributed by atoms with Crippen LogP contribution in [-0.4, -0.2) is 11.5 Å². The largest absolute Gasteiger partial charge is 0.162 e. The highest BCUT2D eigenvalue weighted by Crippen LogP contribution is 2.21. The van der Waals surface area contributed by atoms with E-state index in [9.17, 15) is 0 Å². The molecular weight excluding hydrogens is 152 g/mol.